The van der Waals surface area contributed by atoms with Gasteiger partial charge in [0.05, 0.1) is 22.5 Å². The Labute approximate surface area is 183 Å². The van der Waals surface area contributed by atoms with Crippen LogP contribution in [0.1, 0.15) is 51.4 Å². The first-order valence-corrected chi connectivity index (χ1v) is 10.8. The highest BCUT2D eigenvalue weighted by atomic mass is 79.9. The predicted octanol–water partition coefficient (Wildman–Crippen LogP) is 5.83. The predicted molar refractivity (Wildman–Crippen MR) is 120 cm³/mol. The Balaban J connectivity index is 2.12. The maximum Gasteiger partial charge on any atom is 0.335 e. The summed E-state index contributed by atoms with van der Waals surface area (Å²) in [6, 6.07) is 14.1. The van der Waals surface area contributed by atoms with Crippen molar-refractivity contribution in [2.45, 2.75) is 32.0 Å². The standard InChI is InChI=1S/C24H22BrNO4/c1-3-16-17(4-2)20(24(29)30)10-9-18(16)19-11-12-21(26-22(19)13-25)14-5-7-15(8-6-14)23(27)28/h5-12H,3-4,13H2,1-2H3,(H,27,28)(H,29,30). The van der Waals surface area contributed by atoms with E-state index in [9.17, 15) is 14.7 Å². The van der Waals surface area contributed by atoms with Crippen LogP contribution in [0, 0.1) is 0 Å². The summed E-state index contributed by atoms with van der Waals surface area (Å²) in [6.07, 6.45) is 1.36. The average Bonchev–Trinajstić information content (AvgIpc) is 2.77. The summed E-state index contributed by atoms with van der Waals surface area (Å²) in [5.41, 5.74) is 6.85. The van der Waals surface area contributed by atoms with Gasteiger partial charge >= 0.3 is 11.9 Å². The summed E-state index contributed by atoms with van der Waals surface area (Å²) in [6.45, 7) is 4.00. The molecule has 0 aliphatic rings. The molecular weight excluding hydrogens is 446 g/mol. The number of nitrogens with zero attached hydrogens (tertiary/aromatic N) is 1. The van der Waals surface area contributed by atoms with E-state index >= 15 is 0 Å². The fraction of sp³-hybridized carbons (Fsp3) is 0.208. The number of aromatic carboxylic acids is 2. The van der Waals surface area contributed by atoms with Crippen molar-refractivity contribution in [2.75, 3.05) is 0 Å². The molecule has 30 heavy (non-hydrogen) atoms. The second kappa shape index (κ2) is 9.22. The normalized spacial score (nSPS) is 10.8. The second-order valence-electron chi connectivity index (χ2n) is 6.84. The van der Waals surface area contributed by atoms with Gasteiger partial charge in [-0.25, -0.2) is 9.59 Å². The largest absolute Gasteiger partial charge is 0.478 e. The van der Waals surface area contributed by atoms with E-state index in [1.54, 1.807) is 30.3 Å². The highest BCUT2D eigenvalue weighted by Gasteiger charge is 2.18. The zero-order valence-electron chi connectivity index (χ0n) is 16.8. The number of alkyl halides is 1. The molecule has 0 aliphatic heterocycles. The highest BCUT2D eigenvalue weighted by molar-refractivity contribution is 9.08. The minimum Gasteiger partial charge on any atom is -0.478 e. The van der Waals surface area contributed by atoms with Crippen molar-refractivity contribution >= 4 is 27.9 Å². The van der Waals surface area contributed by atoms with Gasteiger partial charge in [0.1, 0.15) is 0 Å². The summed E-state index contributed by atoms with van der Waals surface area (Å²) in [4.78, 5) is 27.5. The van der Waals surface area contributed by atoms with Gasteiger partial charge in [0.2, 0.25) is 0 Å². The first kappa shape index (κ1) is 21.7. The van der Waals surface area contributed by atoms with Crippen LogP contribution in [0.4, 0.5) is 0 Å². The molecular formula is C24H22BrNO4. The van der Waals surface area contributed by atoms with Crippen LogP contribution in [0.25, 0.3) is 22.4 Å². The number of carbonyl (C=O) groups is 2. The van der Waals surface area contributed by atoms with Crippen LogP contribution in [-0.2, 0) is 18.2 Å². The fourth-order valence-corrected chi connectivity index (χ4v) is 4.17. The van der Waals surface area contributed by atoms with Gasteiger partial charge in [-0.15, -0.1) is 0 Å². The van der Waals surface area contributed by atoms with E-state index in [0.29, 0.717) is 17.3 Å². The lowest BCUT2D eigenvalue weighted by Gasteiger charge is -2.17. The number of carboxylic acids is 2. The average molecular weight is 468 g/mol. The Bertz CT molecular complexity index is 1110. The van der Waals surface area contributed by atoms with Crippen LogP contribution in [-0.4, -0.2) is 27.1 Å². The van der Waals surface area contributed by atoms with Crippen molar-refractivity contribution in [3.63, 3.8) is 0 Å². The van der Waals surface area contributed by atoms with Gasteiger partial charge in [-0.05, 0) is 53.8 Å². The molecule has 0 amide bonds. The third-order valence-corrected chi connectivity index (χ3v) is 5.72. The molecule has 0 atom stereocenters. The molecule has 0 saturated carbocycles. The Hall–Kier alpha value is -2.99. The molecule has 2 aromatic carbocycles. The van der Waals surface area contributed by atoms with Crippen molar-refractivity contribution in [2.24, 2.45) is 0 Å². The molecule has 3 rings (SSSR count). The Morgan fingerprint density at radius 2 is 1.47 bits per heavy atom. The Morgan fingerprint density at radius 1 is 0.833 bits per heavy atom. The lowest BCUT2D eigenvalue weighted by atomic mass is 9.88. The molecule has 0 fully saturated rings. The molecule has 0 aliphatic carbocycles. The van der Waals surface area contributed by atoms with E-state index in [-0.39, 0.29) is 5.56 Å². The van der Waals surface area contributed by atoms with Gasteiger partial charge in [-0.1, -0.05) is 54.0 Å². The van der Waals surface area contributed by atoms with Crippen molar-refractivity contribution in [1.29, 1.82) is 0 Å². The number of hydrogen-bond acceptors (Lipinski definition) is 3. The van der Waals surface area contributed by atoms with E-state index in [2.05, 4.69) is 15.9 Å². The van der Waals surface area contributed by atoms with Gasteiger partial charge in [0, 0.05) is 16.5 Å². The lowest BCUT2D eigenvalue weighted by Crippen LogP contribution is -2.07. The molecule has 0 radical (unpaired) electrons. The van der Waals surface area contributed by atoms with E-state index in [4.69, 9.17) is 10.1 Å². The number of halogens is 1. The first-order chi connectivity index (χ1) is 14.4. The maximum atomic E-state index is 11.6. The topological polar surface area (TPSA) is 87.5 Å². The minimum absolute atomic E-state index is 0.231. The van der Waals surface area contributed by atoms with Crippen molar-refractivity contribution < 1.29 is 19.8 Å². The SMILES string of the molecule is CCc1c(C(=O)O)ccc(-c2ccc(-c3ccc(C(=O)O)cc3)nc2CBr)c1CC. The monoisotopic (exact) mass is 467 g/mol. The van der Waals surface area contributed by atoms with E-state index < -0.39 is 11.9 Å². The van der Waals surface area contributed by atoms with Crippen LogP contribution in [0.15, 0.2) is 48.5 Å². The van der Waals surface area contributed by atoms with Gasteiger partial charge in [-0.2, -0.15) is 0 Å². The van der Waals surface area contributed by atoms with E-state index in [1.807, 2.05) is 32.0 Å². The van der Waals surface area contributed by atoms with E-state index in [0.717, 1.165) is 45.6 Å². The molecule has 0 unspecified atom stereocenters. The van der Waals surface area contributed by atoms with Crippen LogP contribution in [0.3, 0.4) is 0 Å². The number of rotatable bonds is 7. The van der Waals surface area contributed by atoms with Crippen molar-refractivity contribution in [3.05, 3.63) is 76.5 Å². The van der Waals surface area contributed by atoms with Crippen LogP contribution in [0.5, 0.6) is 0 Å². The molecule has 2 N–H and O–H groups in total. The summed E-state index contributed by atoms with van der Waals surface area (Å²) >= 11 is 3.53. The van der Waals surface area contributed by atoms with Crippen LogP contribution in [0.2, 0.25) is 0 Å². The lowest BCUT2D eigenvalue weighted by molar-refractivity contribution is 0.0685. The minimum atomic E-state index is -0.963. The summed E-state index contributed by atoms with van der Waals surface area (Å²) in [5, 5.41) is 19.2. The quantitative estimate of drug-likeness (QED) is 0.426. The Morgan fingerprint density at radius 3 is 2.00 bits per heavy atom. The van der Waals surface area contributed by atoms with Gasteiger partial charge in [0.25, 0.3) is 0 Å². The fourth-order valence-electron chi connectivity index (χ4n) is 3.75. The maximum absolute atomic E-state index is 11.6. The smallest absolute Gasteiger partial charge is 0.335 e. The summed E-state index contributed by atoms with van der Waals surface area (Å²) < 4.78 is 0. The number of pyridine rings is 1. The third kappa shape index (κ3) is 4.14. The van der Waals surface area contributed by atoms with Gasteiger partial charge in [-0.3, -0.25) is 4.98 Å². The number of aromatic nitrogens is 1. The molecule has 0 saturated heterocycles. The molecule has 154 valence electrons. The summed E-state index contributed by atoms with van der Waals surface area (Å²) in [5.74, 6) is -1.87. The molecule has 0 bridgehead atoms. The van der Waals surface area contributed by atoms with Crippen molar-refractivity contribution in [3.8, 4) is 22.4 Å². The molecule has 6 heteroatoms. The molecule has 0 spiro atoms. The summed E-state index contributed by atoms with van der Waals surface area (Å²) in [7, 11) is 0. The van der Waals surface area contributed by atoms with Crippen LogP contribution < -0.4 is 0 Å². The van der Waals surface area contributed by atoms with Crippen molar-refractivity contribution in [1.82, 2.24) is 4.98 Å². The molecule has 1 heterocycles. The molecule has 5 nitrogen and oxygen atoms in total. The zero-order chi connectivity index (χ0) is 21.8. The highest BCUT2D eigenvalue weighted by Crippen LogP contribution is 2.33. The number of benzene rings is 2. The van der Waals surface area contributed by atoms with Gasteiger partial charge in [0.15, 0.2) is 0 Å². The number of hydrogen-bond donors (Lipinski definition) is 2. The first-order valence-electron chi connectivity index (χ1n) is 9.69. The van der Waals surface area contributed by atoms with Crippen LogP contribution >= 0.6 is 15.9 Å². The van der Waals surface area contributed by atoms with Gasteiger partial charge < -0.3 is 10.2 Å². The van der Waals surface area contributed by atoms with E-state index in [1.165, 1.54) is 0 Å². The molecule has 1 aromatic heterocycles. The third-order valence-electron chi connectivity index (χ3n) is 5.19. The second-order valence-corrected chi connectivity index (χ2v) is 7.40. The zero-order valence-corrected chi connectivity index (χ0v) is 18.4. The Kier molecular flexibility index (Phi) is 6.67. The molecule has 3 aromatic rings. The number of carboxylic acid groups (broad SMARTS) is 2.